The molecule has 4 rings (SSSR count). The van der Waals surface area contributed by atoms with Crippen molar-refractivity contribution in [3.63, 3.8) is 0 Å². The lowest BCUT2D eigenvalue weighted by atomic mass is 10.1. The van der Waals surface area contributed by atoms with Crippen LogP contribution >= 0.6 is 11.6 Å². The van der Waals surface area contributed by atoms with E-state index in [9.17, 15) is 4.79 Å². The third-order valence-electron chi connectivity index (χ3n) is 5.46. The van der Waals surface area contributed by atoms with Gasteiger partial charge in [0.1, 0.15) is 0 Å². The SMILES string of the molecule is CN1CCN(c2ccccc2CNC(=O)c2cnn(Cc3ccccc3Cl)c2)CC1. The predicted octanol–water partition coefficient (Wildman–Crippen LogP) is 3.27. The summed E-state index contributed by atoms with van der Waals surface area (Å²) in [6.45, 7) is 5.10. The van der Waals surface area contributed by atoms with Crippen LogP contribution < -0.4 is 10.2 Å². The molecule has 1 aliphatic heterocycles. The molecular weight excluding hydrogens is 398 g/mol. The third kappa shape index (κ3) is 4.83. The molecule has 156 valence electrons. The van der Waals surface area contributed by atoms with Crippen LogP contribution in [0.2, 0.25) is 5.02 Å². The van der Waals surface area contributed by atoms with Crippen LogP contribution in [-0.4, -0.2) is 53.8 Å². The van der Waals surface area contributed by atoms with Crippen molar-refractivity contribution in [3.05, 3.63) is 82.6 Å². The van der Waals surface area contributed by atoms with Gasteiger partial charge < -0.3 is 15.1 Å². The number of nitrogens with zero attached hydrogens (tertiary/aromatic N) is 4. The number of halogens is 1. The fourth-order valence-corrected chi connectivity index (χ4v) is 3.86. The second-order valence-electron chi connectivity index (χ2n) is 7.62. The molecular formula is C23H26ClN5O. The number of hydrogen-bond acceptors (Lipinski definition) is 4. The summed E-state index contributed by atoms with van der Waals surface area (Å²) >= 11 is 6.22. The van der Waals surface area contributed by atoms with Crippen molar-refractivity contribution in [2.45, 2.75) is 13.1 Å². The van der Waals surface area contributed by atoms with E-state index in [-0.39, 0.29) is 5.91 Å². The molecule has 0 saturated carbocycles. The lowest BCUT2D eigenvalue weighted by molar-refractivity contribution is 0.0951. The molecule has 1 fully saturated rings. The zero-order valence-corrected chi connectivity index (χ0v) is 17.8. The average Bonchev–Trinajstić information content (AvgIpc) is 3.23. The highest BCUT2D eigenvalue weighted by Crippen LogP contribution is 2.22. The molecule has 1 amide bonds. The van der Waals surface area contributed by atoms with E-state index in [0.29, 0.717) is 23.7 Å². The second kappa shape index (κ2) is 9.32. The van der Waals surface area contributed by atoms with Crippen LogP contribution in [0.1, 0.15) is 21.5 Å². The molecule has 0 atom stereocenters. The van der Waals surface area contributed by atoms with Gasteiger partial charge in [0, 0.05) is 49.6 Å². The predicted molar refractivity (Wildman–Crippen MR) is 120 cm³/mol. The van der Waals surface area contributed by atoms with Crippen molar-refractivity contribution in [2.24, 2.45) is 0 Å². The molecule has 0 bridgehead atoms. The Labute approximate surface area is 182 Å². The van der Waals surface area contributed by atoms with Crippen molar-refractivity contribution in [1.29, 1.82) is 0 Å². The molecule has 0 radical (unpaired) electrons. The molecule has 0 spiro atoms. The standard InChI is InChI=1S/C23H26ClN5O/c1-27-10-12-28(13-11-27)22-9-5-3-6-18(22)14-25-23(30)20-15-26-29(17-20)16-19-7-2-4-8-21(19)24/h2-9,15,17H,10-14,16H2,1H3,(H,25,30). The molecule has 2 aromatic carbocycles. The van der Waals surface area contributed by atoms with Crippen LogP contribution in [-0.2, 0) is 13.1 Å². The Morgan fingerprint density at radius 1 is 1.03 bits per heavy atom. The lowest BCUT2D eigenvalue weighted by Gasteiger charge is -2.35. The van der Waals surface area contributed by atoms with Crippen LogP contribution in [0.25, 0.3) is 0 Å². The first-order valence-electron chi connectivity index (χ1n) is 10.2. The van der Waals surface area contributed by atoms with E-state index in [1.807, 2.05) is 30.3 Å². The number of carbonyl (C=O) groups excluding carboxylic acids is 1. The first-order chi connectivity index (χ1) is 14.6. The fraction of sp³-hybridized carbons (Fsp3) is 0.304. The number of nitrogens with one attached hydrogen (secondary N) is 1. The topological polar surface area (TPSA) is 53.4 Å². The number of aromatic nitrogens is 2. The number of para-hydroxylation sites is 1. The highest BCUT2D eigenvalue weighted by Gasteiger charge is 2.17. The Balaban J connectivity index is 1.39. The summed E-state index contributed by atoms with van der Waals surface area (Å²) in [5.74, 6) is -0.131. The number of benzene rings is 2. The monoisotopic (exact) mass is 423 g/mol. The summed E-state index contributed by atoms with van der Waals surface area (Å²) in [6, 6.07) is 15.9. The van der Waals surface area contributed by atoms with E-state index in [2.05, 4.69) is 45.5 Å². The van der Waals surface area contributed by atoms with E-state index in [0.717, 1.165) is 37.3 Å². The smallest absolute Gasteiger partial charge is 0.254 e. The van der Waals surface area contributed by atoms with E-state index >= 15 is 0 Å². The Morgan fingerprint density at radius 2 is 1.73 bits per heavy atom. The summed E-state index contributed by atoms with van der Waals surface area (Å²) in [4.78, 5) is 17.4. The van der Waals surface area contributed by atoms with Crippen molar-refractivity contribution >= 4 is 23.2 Å². The van der Waals surface area contributed by atoms with Crippen molar-refractivity contribution in [3.8, 4) is 0 Å². The molecule has 2 heterocycles. The van der Waals surface area contributed by atoms with Gasteiger partial charge in [-0.15, -0.1) is 0 Å². The zero-order valence-electron chi connectivity index (χ0n) is 17.1. The van der Waals surface area contributed by atoms with E-state index < -0.39 is 0 Å². The van der Waals surface area contributed by atoms with Crippen LogP contribution in [0, 0.1) is 0 Å². The minimum absolute atomic E-state index is 0.131. The lowest BCUT2D eigenvalue weighted by Crippen LogP contribution is -2.45. The number of carbonyl (C=O) groups is 1. The minimum atomic E-state index is -0.131. The summed E-state index contributed by atoms with van der Waals surface area (Å²) in [6.07, 6.45) is 3.35. The molecule has 7 heteroatoms. The number of likely N-dealkylation sites (N-methyl/N-ethyl adjacent to an activating group) is 1. The fourth-order valence-electron chi connectivity index (χ4n) is 3.66. The summed E-state index contributed by atoms with van der Waals surface area (Å²) in [5, 5.41) is 8.04. The summed E-state index contributed by atoms with van der Waals surface area (Å²) in [7, 11) is 2.15. The molecule has 1 aromatic heterocycles. The van der Waals surface area contributed by atoms with Gasteiger partial charge in [-0.2, -0.15) is 5.10 Å². The van der Waals surface area contributed by atoms with Crippen molar-refractivity contribution in [2.75, 3.05) is 38.1 Å². The molecule has 3 aromatic rings. The molecule has 1 saturated heterocycles. The maximum atomic E-state index is 12.7. The van der Waals surface area contributed by atoms with E-state index in [4.69, 9.17) is 11.6 Å². The van der Waals surface area contributed by atoms with Crippen LogP contribution in [0.5, 0.6) is 0 Å². The van der Waals surface area contributed by atoms with Gasteiger partial charge >= 0.3 is 0 Å². The van der Waals surface area contributed by atoms with Crippen molar-refractivity contribution in [1.82, 2.24) is 20.0 Å². The maximum absolute atomic E-state index is 12.7. The van der Waals surface area contributed by atoms with Crippen LogP contribution in [0.15, 0.2) is 60.9 Å². The van der Waals surface area contributed by atoms with Crippen molar-refractivity contribution < 1.29 is 4.79 Å². The number of hydrogen-bond donors (Lipinski definition) is 1. The largest absolute Gasteiger partial charge is 0.369 e. The quantitative estimate of drug-likeness (QED) is 0.661. The third-order valence-corrected chi connectivity index (χ3v) is 5.83. The normalized spacial score (nSPS) is 14.7. The highest BCUT2D eigenvalue weighted by molar-refractivity contribution is 6.31. The molecule has 0 unspecified atom stereocenters. The maximum Gasteiger partial charge on any atom is 0.254 e. The Morgan fingerprint density at radius 3 is 2.50 bits per heavy atom. The first kappa shape index (κ1) is 20.4. The van der Waals surface area contributed by atoms with Crippen LogP contribution in [0.3, 0.4) is 0 Å². The average molecular weight is 424 g/mol. The first-order valence-corrected chi connectivity index (χ1v) is 10.5. The van der Waals surface area contributed by atoms with Crippen LogP contribution in [0.4, 0.5) is 5.69 Å². The zero-order chi connectivity index (χ0) is 20.9. The van der Waals surface area contributed by atoms with Gasteiger partial charge in [-0.1, -0.05) is 48.0 Å². The number of amides is 1. The number of piperazine rings is 1. The number of rotatable bonds is 6. The van der Waals surface area contributed by atoms with Gasteiger partial charge in [0.15, 0.2) is 0 Å². The summed E-state index contributed by atoms with van der Waals surface area (Å²) < 4.78 is 1.73. The molecule has 0 aliphatic carbocycles. The molecule has 6 nitrogen and oxygen atoms in total. The highest BCUT2D eigenvalue weighted by atomic mass is 35.5. The van der Waals surface area contributed by atoms with Gasteiger partial charge in [-0.3, -0.25) is 9.48 Å². The molecule has 1 N–H and O–H groups in total. The summed E-state index contributed by atoms with van der Waals surface area (Å²) in [5.41, 5.74) is 3.83. The Kier molecular flexibility index (Phi) is 6.35. The van der Waals surface area contributed by atoms with Gasteiger partial charge in [-0.25, -0.2) is 0 Å². The van der Waals surface area contributed by atoms with Gasteiger partial charge in [-0.05, 0) is 30.3 Å². The Bertz CT molecular complexity index is 1010. The Hall–Kier alpha value is -2.83. The second-order valence-corrected chi connectivity index (χ2v) is 8.03. The molecule has 1 aliphatic rings. The van der Waals surface area contributed by atoms with Gasteiger partial charge in [0.2, 0.25) is 0 Å². The van der Waals surface area contributed by atoms with Gasteiger partial charge in [0.25, 0.3) is 5.91 Å². The van der Waals surface area contributed by atoms with Gasteiger partial charge in [0.05, 0.1) is 18.3 Å². The molecule has 30 heavy (non-hydrogen) atoms. The van der Waals surface area contributed by atoms with E-state index in [1.165, 1.54) is 5.69 Å². The van der Waals surface area contributed by atoms with E-state index in [1.54, 1.807) is 17.1 Å². The minimum Gasteiger partial charge on any atom is -0.369 e. The number of anilines is 1.